The van der Waals surface area contributed by atoms with Crippen LogP contribution in [0.2, 0.25) is 0 Å². The standard InChI is InChI=1S/C13H27N3O/c1-5-8-16(11-6-7-11)9-13(4,12(14)17)15-10(2)3/h10-11,15H,5-9H2,1-4H3,(H2,14,17). The number of carbonyl (C=O) groups is 1. The van der Waals surface area contributed by atoms with Gasteiger partial charge < -0.3 is 11.1 Å². The van der Waals surface area contributed by atoms with Crippen molar-refractivity contribution < 1.29 is 4.79 Å². The SMILES string of the molecule is CCCN(CC(C)(NC(C)C)C(N)=O)C1CC1. The lowest BCUT2D eigenvalue weighted by atomic mass is 9.99. The predicted octanol–water partition coefficient (Wildman–Crippen LogP) is 1.10. The first-order valence-electron chi connectivity index (χ1n) is 6.70. The lowest BCUT2D eigenvalue weighted by molar-refractivity contribution is -0.125. The summed E-state index contributed by atoms with van der Waals surface area (Å²) < 4.78 is 0. The van der Waals surface area contributed by atoms with Gasteiger partial charge in [-0.1, -0.05) is 6.92 Å². The Kier molecular flexibility index (Phi) is 4.95. The molecule has 0 aromatic carbocycles. The molecule has 0 radical (unpaired) electrons. The van der Waals surface area contributed by atoms with Gasteiger partial charge in [0.15, 0.2) is 0 Å². The van der Waals surface area contributed by atoms with Gasteiger partial charge in [0.25, 0.3) is 0 Å². The summed E-state index contributed by atoms with van der Waals surface area (Å²) in [7, 11) is 0. The molecule has 1 amide bonds. The van der Waals surface area contributed by atoms with Crippen molar-refractivity contribution in [1.29, 1.82) is 0 Å². The van der Waals surface area contributed by atoms with Crippen LogP contribution in [0.15, 0.2) is 0 Å². The van der Waals surface area contributed by atoms with Crippen molar-refractivity contribution in [3.05, 3.63) is 0 Å². The Bertz CT molecular complexity index is 263. The highest BCUT2D eigenvalue weighted by molar-refractivity contribution is 5.84. The zero-order valence-corrected chi connectivity index (χ0v) is 11.6. The molecular weight excluding hydrogens is 214 g/mol. The number of hydrogen-bond acceptors (Lipinski definition) is 3. The molecular formula is C13H27N3O. The zero-order chi connectivity index (χ0) is 13.1. The minimum Gasteiger partial charge on any atom is -0.368 e. The average Bonchev–Trinajstić information content (AvgIpc) is 2.98. The van der Waals surface area contributed by atoms with E-state index < -0.39 is 5.54 Å². The van der Waals surface area contributed by atoms with Crippen LogP contribution < -0.4 is 11.1 Å². The quantitative estimate of drug-likeness (QED) is 0.669. The van der Waals surface area contributed by atoms with E-state index in [9.17, 15) is 4.79 Å². The Balaban J connectivity index is 2.66. The zero-order valence-electron chi connectivity index (χ0n) is 11.6. The molecule has 100 valence electrons. The minimum atomic E-state index is -0.619. The maximum atomic E-state index is 11.7. The van der Waals surface area contributed by atoms with Crippen LogP contribution in [0.3, 0.4) is 0 Å². The van der Waals surface area contributed by atoms with Gasteiger partial charge in [-0.3, -0.25) is 9.69 Å². The summed E-state index contributed by atoms with van der Waals surface area (Å²) in [6.45, 7) is 9.95. The van der Waals surface area contributed by atoms with Crippen LogP contribution in [0, 0.1) is 0 Å². The second-order valence-electron chi connectivity index (χ2n) is 5.70. The largest absolute Gasteiger partial charge is 0.368 e. The van der Waals surface area contributed by atoms with E-state index in [4.69, 9.17) is 5.73 Å². The van der Waals surface area contributed by atoms with Crippen molar-refractivity contribution in [3.63, 3.8) is 0 Å². The molecule has 0 aliphatic heterocycles. The normalized spacial score (nSPS) is 19.6. The molecule has 1 fully saturated rings. The molecule has 0 aromatic heterocycles. The number of primary amides is 1. The first kappa shape index (κ1) is 14.5. The molecule has 0 heterocycles. The fourth-order valence-electron chi connectivity index (χ4n) is 2.36. The van der Waals surface area contributed by atoms with Crippen LogP contribution in [-0.2, 0) is 4.79 Å². The van der Waals surface area contributed by atoms with Gasteiger partial charge in [0.05, 0.1) is 0 Å². The van der Waals surface area contributed by atoms with Crippen LogP contribution in [0.4, 0.5) is 0 Å². The molecule has 4 nitrogen and oxygen atoms in total. The Morgan fingerprint density at radius 3 is 2.47 bits per heavy atom. The Morgan fingerprint density at radius 1 is 1.53 bits per heavy atom. The van der Waals surface area contributed by atoms with Crippen LogP contribution >= 0.6 is 0 Å². The number of rotatable bonds is 8. The van der Waals surface area contributed by atoms with E-state index in [0.717, 1.165) is 19.5 Å². The van der Waals surface area contributed by atoms with Crippen LogP contribution in [-0.4, -0.2) is 41.5 Å². The first-order valence-corrected chi connectivity index (χ1v) is 6.70. The van der Waals surface area contributed by atoms with Gasteiger partial charge in [0.2, 0.25) is 5.91 Å². The lowest BCUT2D eigenvalue weighted by Crippen LogP contribution is -2.61. The topological polar surface area (TPSA) is 58.4 Å². The van der Waals surface area contributed by atoms with Crippen LogP contribution in [0.5, 0.6) is 0 Å². The molecule has 0 spiro atoms. The summed E-state index contributed by atoms with van der Waals surface area (Å²) in [6.07, 6.45) is 3.64. The van der Waals surface area contributed by atoms with Crippen molar-refractivity contribution in [2.75, 3.05) is 13.1 Å². The van der Waals surface area contributed by atoms with Crippen molar-refractivity contribution >= 4 is 5.91 Å². The molecule has 3 N–H and O–H groups in total. The van der Waals surface area contributed by atoms with Gasteiger partial charge in [-0.05, 0) is 46.6 Å². The highest BCUT2D eigenvalue weighted by Gasteiger charge is 2.38. The Labute approximate surface area is 105 Å². The molecule has 0 bridgehead atoms. The number of nitrogens with one attached hydrogen (secondary N) is 1. The monoisotopic (exact) mass is 241 g/mol. The third-order valence-corrected chi connectivity index (χ3v) is 3.24. The number of carbonyl (C=O) groups excluding carboxylic acids is 1. The number of nitrogens with two attached hydrogens (primary N) is 1. The van der Waals surface area contributed by atoms with E-state index >= 15 is 0 Å². The van der Waals surface area contributed by atoms with E-state index in [1.54, 1.807) is 0 Å². The van der Waals surface area contributed by atoms with E-state index in [2.05, 4.69) is 17.1 Å². The van der Waals surface area contributed by atoms with Crippen molar-refractivity contribution in [2.24, 2.45) is 5.73 Å². The van der Waals surface area contributed by atoms with Crippen molar-refractivity contribution in [3.8, 4) is 0 Å². The molecule has 1 atom stereocenters. The molecule has 1 aliphatic carbocycles. The molecule has 17 heavy (non-hydrogen) atoms. The van der Waals surface area contributed by atoms with Crippen molar-refractivity contribution in [2.45, 2.75) is 64.6 Å². The highest BCUT2D eigenvalue weighted by Crippen LogP contribution is 2.28. The van der Waals surface area contributed by atoms with Gasteiger partial charge in [-0.15, -0.1) is 0 Å². The summed E-state index contributed by atoms with van der Waals surface area (Å²) >= 11 is 0. The Hall–Kier alpha value is -0.610. The van der Waals surface area contributed by atoms with Gasteiger partial charge >= 0.3 is 0 Å². The van der Waals surface area contributed by atoms with Gasteiger partial charge in [-0.25, -0.2) is 0 Å². The Morgan fingerprint density at radius 2 is 2.12 bits per heavy atom. The summed E-state index contributed by atoms with van der Waals surface area (Å²) in [5.74, 6) is -0.257. The van der Waals surface area contributed by atoms with Crippen LogP contribution in [0.1, 0.15) is 47.0 Å². The summed E-state index contributed by atoms with van der Waals surface area (Å²) in [5, 5.41) is 3.31. The molecule has 1 unspecified atom stereocenters. The second-order valence-corrected chi connectivity index (χ2v) is 5.70. The van der Waals surface area contributed by atoms with Gasteiger partial charge in [0, 0.05) is 18.6 Å². The second kappa shape index (κ2) is 5.83. The maximum absolute atomic E-state index is 11.7. The molecule has 0 aromatic rings. The van der Waals surface area contributed by atoms with Gasteiger partial charge in [-0.2, -0.15) is 0 Å². The van der Waals surface area contributed by atoms with E-state index in [0.29, 0.717) is 6.04 Å². The van der Waals surface area contributed by atoms with E-state index in [1.165, 1.54) is 12.8 Å². The number of amides is 1. The minimum absolute atomic E-state index is 0.257. The number of hydrogen-bond donors (Lipinski definition) is 2. The van der Waals surface area contributed by atoms with Crippen LogP contribution in [0.25, 0.3) is 0 Å². The van der Waals surface area contributed by atoms with Crippen molar-refractivity contribution in [1.82, 2.24) is 10.2 Å². The van der Waals surface area contributed by atoms with Gasteiger partial charge in [0.1, 0.15) is 5.54 Å². The molecule has 0 saturated heterocycles. The smallest absolute Gasteiger partial charge is 0.238 e. The van der Waals surface area contributed by atoms with E-state index in [1.807, 2.05) is 20.8 Å². The summed E-state index contributed by atoms with van der Waals surface area (Å²) in [6, 6.07) is 0.928. The molecule has 1 aliphatic rings. The molecule has 1 rings (SSSR count). The maximum Gasteiger partial charge on any atom is 0.238 e. The molecule has 1 saturated carbocycles. The summed E-state index contributed by atoms with van der Waals surface area (Å²) in [5.41, 5.74) is 4.94. The average molecular weight is 241 g/mol. The third kappa shape index (κ3) is 4.28. The lowest BCUT2D eigenvalue weighted by Gasteiger charge is -2.35. The highest BCUT2D eigenvalue weighted by atomic mass is 16.1. The number of nitrogens with zero attached hydrogens (tertiary/aromatic N) is 1. The summed E-state index contributed by atoms with van der Waals surface area (Å²) in [4.78, 5) is 14.1. The molecule has 4 heteroatoms. The van der Waals surface area contributed by atoms with E-state index in [-0.39, 0.29) is 11.9 Å². The first-order chi connectivity index (χ1) is 7.89. The third-order valence-electron chi connectivity index (χ3n) is 3.24. The predicted molar refractivity (Wildman–Crippen MR) is 70.8 cm³/mol. The fourth-order valence-corrected chi connectivity index (χ4v) is 2.36. The fraction of sp³-hybridized carbons (Fsp3) is 0.923.